The number of nitriles is 1. The molecule has 0 radical (unpaired) electrons. The first-order chi connectivity index (χ1) is 13.1. The van der Waals surface area contributed by atoms with Crippen LogP contribution < -0.4 is 5.32 Å². The van der Waals surface area contributed by atoms with Crippen molar-refractivity contribution in [3.63, 3.8) is 0 Å². The van der Waals surface area contributed by atoms with Crippen molar-refractivity contribution in [3.8, 4) is 17.5 Å². The number of amides is 1. The number of carbonyl (C=O) groups excluding carboxylic acids is 1. The molecule has 7 nitrogen and oxygen atoms in total. The number of thioether (sulfide) groups is 1. The highest BCUT2D eigenvalue weighted by Gasteiger charge is 2.21. The van der Waals surface area contributed by atoms with Gasteiger partial charge in [0.05, 0.1) is 16.5 Å². The molecule has 1 N–H and O–H groups in total. The number of para-hydroxylation sites is 1. The first kappa shape index (κ1) is 18.6. The van der Waals surface area contributed by atoms with Crippen molar-refractivity contribution in [2.24, 2.45) is 0 Å². The van der Waals surface area contributed by atoms with Gasteiger partial charge in [0.1, 0.15) is 6.07 Å². The topological polar surface area (TPSA) is 96.5 Å². The molecule has 0 saturated heterocycles. The van der Waals surface area contributed by atoms with Gasteiger partial charge in [0, 0.05) is 24.5 Å². The summed E-state index contributed by atoms with van der Waals surface area (Å²) in [6, 6.07) is 12.7. The number of rotatable bonds is 6. The van der Waals surface area contributed by atoms with Crippen LogP contribution in [0.5, 0.6) is 0 Å². The third-order valence-corrected chi connectivity index (χ3v) is 5.01. The third-order valence-electron chi connectivity index (χ3n) is 3.93. The van der Waals surface area contributed by atoms with Crippen LogP contribution in [0, 0.1) is 11.3 Å². The van der Waals surface area contributed by atoms with Gasteiger partial charge in [-0.05, 0) is 38.1 Å². The van der Waals surface area contributed by atoms with E-state index in [1.165, 1.54) is 11.8 Å². The van der Waals surface area contributed by atoms with Gasteiger partial charge >= 0.3 is 0 Å². The molecule has 1 atom stereocenters. The molecule has 1 aromatic carbocycles. The van der Waals surface area contributed by atoms with Gasteiger partial charge in [0.2, 0.25) is 5.91 Å². The van der Waals surface area contributed by atoms with E-state index in [1.54, 1.807) is 43.6 Å². The minimum atomic E-state index is -0.406. The van der Waals surface area contributed by atoms with Crippen LogP contribution in [-0.2, 0) is 11.3 Å². The molecule has 3 rings (SSSR count). The molecule has 0 aliphatic heterocycles. The summed E-state index contributed by atoms with van der Waals surface area (Å²) in [5.74, 6) is 0.545. The summed E-state index contributed by atoms with van der Waals surface area (Å²) in [6.45, 7) is 4.49. The lowest BCUT2D eigenvalue weighted by Crippen LogP contribution is -2.23. The molecule has 8 heteroatoms. The molecule has 0 unspecified atom stereocenters. The summed E-state index contributed by atoms with van der Waals surface area (Å²) in [7, 11) is 0. The number of aromatic nitrogens is 4. The van der Waals surface area contributed by atoms with Crippen LogP contribution in [-0.4, -0.2) is 30.9 Å². The Bertz CT molecular complexity index is 979. The number of nitrogens with one attached hydrogen (secondary N) is 1. The maximum absolute atomic E-state index is 12.6. The average Bonchev–Trinajstić information content (AvgIpc) is 3.11. The Labute approximate surface area is 161 Å². The van der Waals surface area contributed by atoms with Gasteiger partial charge in [-0.25, -0.2) is 0 Å². The maximum Gasteiger partial charge on any atom is 0.237 e. The fraction of sp³-hybridized carbons (Fsp3) is 0.211. The molecule has 0 spiro atoms. The number of hydrogen-bond donors (Lipinski definition) is 1. The number of benzene rings is 1. The van der Waals surface area contributed by atoms with Gasteiger partial charge in [-0.15, -0.1) is 10.2 Å². The van der Waals surface area contributed by atoms with Crippen LogP contribution in [0.4, 0.5) is 5.69 Å². The smallest absolute Gasteiger partial charge is 0.237 e. The van der Waals surface area contributed by atoms with E-state index in [0.717, 1.165) is 11.4 Å². The number of anilines is 1. The summed E-state index contributed by atoms with van der Waals surface area (Å²) < 4.78 is 1.97. The van der Waals surface area contributed by atoms with E-state index in [1.807, 2.05) is 23.6 Å². The quantitative estimate of drug-likeness (QED) is 0.661. The van der Waals surface area contributed by atoms with Gasteiger partial charge in [-0.1, -0.05) is 23.9 Å². The molecule has 0 aliphatic rings. The summed E-state index contributed by atoms with van der Waals surface area (Å²) in [6.07, 6.45) is 3.42. The second-order valence-corrected chi connectivity index (χ2v) is 7.00. The number of hydrogen-bond acceptors (Lipinski definition) is 6. The fourth-order valence-electron chi connectivity index (χ4n) is 2.51. The summed E-state index contributed by atoms with van der Waals surface area (Å²) in [5, 5.41) is 20.7. The first-order valence-corrected chi connectivity index (χ1v) is 9.32. The van der Waals surface area contributed by atoms with E-state index in [0.29, 0.717) is 23.0 Å². The Morgan fingerprint density at radius 2 is 2.00 bits per heavy atom. The summed E-state index contributed by atoms with van der Waals surface area (Å²) in [4.78, 5) is 16.6. The first-order valence-electron chi connectivity index (χ1n) is 8.44. The fourth-order valence-corrected chi connectivity index (χ4v) is 3.42. The molecule has 1 amide bonds. The lowest BCUT2D eigenvalue weighted by Gasteiger charge is -2.13. The van der Waals surface area contributed by atoms with Gasteiger partial charge in [0.25, 0.3) is 0 Å². The number of pyridine rings is 1. The van der Waals surface area contributed by atoms with Crippen molar-refractivity contribution >= 4 is 23.4 Å². The number of nitrogens with zero attached hydrogens (tertiary/aromatic N) is 5. The van der Waals surface area contributed by atoms with Gasteiger partial charge in [-0.2, -0.15) is 5.26 Å². The van der Waals surface area contributed by atoms with Crippen LogP contribution in [0.15, 0.2) is 53.9 Å². The summed E-state index contributed by atoms with van der Waals surface area (Å²) in [5.41, 5.74) is 1.86. The Kier molecular flexibility index (Phi) is 5.84. The highest BCUT2D eigenvalue weighted by Crippen LogP contribution is 2.27. The molecule has 3 aromatic rings. The molecule has 0 bridgehead atoms. The minimum Gasteiger partial charge on any atom is -0.324 e. The van der Waals surface area contributed by atoms with Crippen molar-refractivity contribution in [2.75, 3.05) is 5.32 Å². The molecule has 136 valence electrons. The molecule has 27 heavy (non-hydrogen) atoms. The number of carbonyl (C=O) groups is 1. The van der Waals surface area contributed by atoms with Crippen molar-refractivity contribution in [1.82, 2.24) is 19.7 Å². The molecule has 0 fully saturated rings. The van der Waals surface area contributed by atoms with Crippen molar-refractivity contribution in [3.05, 3.63) is 54.4 Å². The zero-order valence-electron chi connectivity index (χ0n) is 15.0. The zero-order valence-corrected chi connectivity index (χ0v) is 15.8. The van der Waals surface area contributed by atoms with E-state index in [4.69, 9.17) is 5.26 Å². The van der Waals surface area contributed by atoms with E-state index < -0.39 is 5.25 Å². The molecule has 2 heterocycles. The molecule has 0 saturated carbocycles. The minimum absolute atomic E-state index is 0.196. The average molecular weight is 378 g/mol. The Balaban J connectivity index is 1.76. The Hall–Kier alpha value is -3.18. The second kappa shape index (κ2) is 8.47. The molecular weight excluding hydrogens is 360 g/mol. The van der Waals surface area contributed by atoms with Crippen molar-refractivity contribution in [2.45, 2.75) is 30.8 Å². The van der Waals surface area contributed by atoms with Crippen molar-refractivity contribution < 1.29 is 4.79 Å². The SMILES string of the molecule is CCn1c(S[C@H](C)C(=O)Nc2ccccc2C#N)nnc1-c1ccncc1. The standard InChI is InChI=1S/C19H18N6OS/c1-3-25-17(14-8-10-21-11-9-14)23-24-19(25)27-13(2)18(26)22-16-7-5-4-6-15(16)12-20/h4-11,13H,3H2,1-2H3,(H,22,26)/t13-/m1/s1. The van der Waals surface area contributed by atoms with E-state index in [9.17, 15) is 4.79 Å². The molecule has 0 aliphatic carbocycles. The largest absolute Gasteiger partial charge is 0.324 e. The van der Waals surface area contributed by atoms with E-state index in [-0.39, 0.29) is 5.91 Å². The van der Waals surface area contributed by atoms with Crippen LogP contribution in [0.2, 0.25) is 0 Å². The second-order valence-electron chi connectivity index (χ2n) is 5.69. The zero-order chi connectivity index (χ0) is 19.2. The van der Waals surface area contributed by atoms with Gasteiger partial charge in [0.15, 0.2) is 11.0 Å². The molecular formula is C19H18N6OS. The van der Waals surface area contributed by atoms with Crippen LogP contribution in [0.1, 0.15) is 19.4 Å². The lowest BCUT2D eigenvalue weighted by molar-refractivity contribution is -0.115. The van der Waals surface area contributed by atoms with Crippen LogP contribution in [0.25, 0.3) is 11.4 Å². The van der Waals surface area contributed by atoms with E-state index >= 15 is 0 Å². The normalized spacial score (nSPS) is 11.6. The molecule has 2 aromatic heterocycles. The van der Waals surface area contributed by atoms with Crippen LogP contribution >= 0.6 is 11.8 Å². The Morgan fingerprint density at radius 1 is 1.26 bits per heavy atom. The van der Waals surface area contributed by atoms with Crippen LogP contribution in [0.3, 0.4) is 0 Å². The summed E-state index contributed by atoms with van der Waals surface area (Å²) >= 11 is 1.33. The predicted molar refractivity (Wildman–Crippen MR) is 104 cm³/mol. The predicted octanol–water partition coefficient (Wildman–Crippen LogP) is 3.35. The van der Waals surface area contributed by atoms with Gasteiger partial charge in [-0.3, -0.25) is 9.78 Å². The lowest BCUT2D eigenvalue weighted by atomic mass is 10.2. The highest BCUT2D eigenvalue weighted by molar-refractivity contribution is 8.00. The van der Waals surface area contributed by atoms with Crippen molar-refractivity contribution in [1.29, 1.82) is 5.26 Å². The van der Waals surface area contributed by atoms with E-state index in [2.05, 4.69) is 26.6 Å². The Morgan fingerprint density at radius 3 is 2.70 bits per heavy atom. The monoisotopic (exact) mass is 378 g/mol. The van der Waals surface area contributed by atoms with Gasteiger partial charge < -0.3 is 9.88 Å². The maximum atomic E-state index is 12.6. The highest BCUT2D eigenvalue weighted by atomic mass is 32.2. The third kappa shape index (κ3) is 4.15.